The van der Waals surface area contributed by atoms with Crippen molar-refractivity contribution in [1.82, 2.24) is 19.7 Å². The lowest BCUT2D eigenvalue weighted by atomic mass is 9.97. The predicted molar refractivity (Wildman–Crippen MR) is 85.0 cm³/mol. The van der Waals surface area contributed by atoms with Crippen LogP contribution in [-0.2, 0) is 13.0 Å². The number of imidazole rings is 1. The minimum Gasteiger partial charge on any atom is -0.337 e. The Hall–Kier alpha value is -1.85. The Bertz CT molecular complexity index is 591. The third-order valence-electron chi connectivity index (χ3n) is 4.33. The molecule has 0 aliphatic carbocycles. The van der Waals surface area contributed by atoms with Gasteiger partial charge in [0.1, 0.15) is 5.82 Å². The van der Waals surface area contributed by atoms with Crippen LogP contribution in [0.4, 0.5) is 5.95 Å². The molecular formula is C16H25N5O. The highest BCUT2D eigenvalue weighted by atomic mass is 16.5. The summed E-state index contributed by atoms with van der Waals surface area (Å²) in [5.74, 6) is 3.09. The van der Waals surface area contributed by atoms with Crippen LogP contribution in [0, 0.1) is 0 Å². The third kappa shape index (κ3) is 3.15. The molecule has 0 saturated carbocycles. The average Bonchev–Trinajstić information content (AvgIpc) is 3.22. The Morgan fingerprint density at radius 1 is 1.36 bits per heavy atom. The highest BCUT2D eigenvalue weighted by Crippen LogP contribution is 2.28. The lowest BCUT2D eigenvalue weighted by molar-refractivity contribution is 0.378. The number of rotatable bonds is 6. The van der Waals surface area contributed by atoms with Crippen LogP contribution in [0.15, 0.2) is 16.9 Å². The van der Waals surface area contributed by atoms with Gasteiger partial charge in [-0.2, -0.15) is 4.98 Å². The lowest BCUT2D eigenvalue weighted by Crippen LogP contribution is -2.36. The molecule has 1 saturated heterocycles. The van der Waals surface area contributed by atoms with Crippen molar-refractivity contribution in [2.75, 3.05) is 18.0 Å². The van der Waals surface area contributed by atoms with Crippen LogP contribution in [0.25, 0.3) is 0 Å². The van der Waals surface area contributed by atoms with E-state index in [4.69, 9.17) is 4.52 Å². The minimum atomic E-state index is 0.448. The van der Waals surface area contributed by atoms with Crippen LogP contribution in [0.1, 0.15) is 57.2 Å². The van der Waals surface area contributed by atoms with Crippen LogP contribution in [0.3, 0.4) is 0 Å². The molecule has 1 aliphatic rings. The van der Waals surface area contributed by atoms with Crippen LogP contribution in [0.2, 0.25) is 0 Å². The van der Waals surface area contributed by atoms with Crippen molar-refractivity contribution >= 4 is 5.95 Å². The number of aryl methyl sites for hydroxylation is 2. The van der Waals surface area contributed by atoms with E-state index in [1.165, 1.54) is 25.1 Å². The van der Waals surface area contributed by atoms with Gasteiger partial charge in [-0.15, -0.1) is 0 Å². The van der Waals surface area contributed by atoms with Gasteiger partial charge >= 0.3 is 0 Å². The number of anilines is 1. The van der Waals surface area contributed by atoms with Crippen molar-refractivity contribution in [1.29, 1.82) is 0 Å². The van der Waals surface area contributed by atoms with Gasteiger partial charge in [-0.25, -0.2) is 4.98 Å². The van der Waals surface area contributed by atoms with Crippen LogP contribution in [0.5, 0.6) is 0 Å². The fourth-order valence-electron chi connectivity index (χ4n) is 3.09. The molecule has 0 bridgehead atoms. The second-order valence-corrected chi connectivity index (χ2v) is 5.96. The van der Waals surface area contributed by atoms with Gasteiger partial charge in [0, 0.05) is 44.4 Å². The van der Waals surface area contributed by atoms with Crippen LogP contribution < -0.4 is 4.90 Å². The zero-order chi connectivity index (χ0) is 15.4. The topological polar surface area (TPSA) is 60.0 Å². The molecule has 3 heterocycles. The van der Waals surface area contributed by atoms with E-state index in [1.807, 2.05) is 13.1 Å². The molecule has 0 aromatic carbocycles. The Morgan fingerprint density at radius 3 is 3.05 bits per heavy atom. The average molecular weight is 303 g/mol. The molecule has 0 radical (unpaired) electrons. The Balaban J connectivity index is 1.71. The SMILES string of the molecule is CCCCn1ccnc1[C@@H]1CCCN(c2noc(CC)n2)C1. The van der Waals surface area contributed by atoms with E-state index in [0.29, 0.717) is 11.8 Å². The summed E-state index contributed by atoms with van der Waals surface area (Å²) in [6.45, 7) is 7.23. The molecule has 0 N–H and O–H groups in total. The fourth-order valence-corrected chi connectivity index (χ4v) is 3.09. The lowest BCUT2D eigenvalue weighted by Gasteiger charge is -2.31. The fraction of sp³-hybridized carbons (Fsp3) is 0.688. The summed E-state index contributed by atoms with van der Waals surface area (Å²) in [5, 5.41) is 4.11. The third-order valence-corrected chi connectivity index (χ3v) is 4.33. The maximum Gasteiger partial charge on any atom is 0.266 e. The molecule has 22 heavy (non-hydrogen) atoms. The smallest absolute Gasteiger partial charge is 0.266 e. The van der Waals surface area contributed by atoms with E-state index in [9.17, 15) is 0 Å². The minimum absolute atomic E-state index is 0.448. The molecule has 2 aromatic rings. The summed E-state index contributed by atoms with van der Waals surface area (Å²) < 4.78 is 7.56. The van der Waals surface area contributed by atoms with Gasteiger partial charge in [0.25, 0.3) is 5.95 Å². The van der Waals surface area contributed by atoms with Gasteiger partial charge in [0.2, 0.25) is 5.89 Å². The van der Waals surface area contributed by atoms with E-state index in [1.54, 1.807) is 0 Å². The van der Waals surface area contributed by atoms with Gasteiger partial charge in [-0.1, -0.05) is 20.3 Å². The van der Waals surface area contributed by atoms with Gasteiger partial charge in [-0.3, -0.25) is 0 Å². The first-order valence-corrected chi connectivity index (χ1v) is 8.40. The highest BCUT2D eigenvalue weighted by Gasteiger charge is 2.27. The number of unbranched alkanes of at least 4 members (excludes halogenated alkanes) is 1. The van der Waals surface area contributed by atoms with Crippen LogP contribution >= 0.6 is 0 Å². The summed E-state index contributed by atoms with van der Waals surface area (Å²) in [6, 6.07) is 0. The molecule has 2 aromatic heterocycles. The van der Waals surface area contributed by atoms with E-state index >= 15 is 0 Å². The molecule has 0 spiro atoms. The molecule has 0 amide bonds. The molecule has 120 valence electrons. The van der Waals surface area contributed by atoms with Gasteiger partial charge < -0.3 is 14.0 Å². The van der Waals surface area contributed by atoms with E-state index in [0.717, 1.165) is 38.4 Å². The maximum atomic E-state index is 5.25. The molecule has 6 nitrogen and oxygen atoms in total. The van der Waals surface area contributed by atoms with Gasteiger partial charge in [0.15, 0.2) is 0 Å². The van der Waals surface area contributed by atoms with Crippen molar-refractivity contribution in [2.24, 2.45) is 0 Å². The van der Waals surface area contributed by atoms with Crippen LogP contribution in [-0.4, -0.2) is 32.8 Å². The summed E-state index contributed by atoms with van der Waals surface area (Å²) in [6.07, 6.45) is 9.54. The van der Waals surface area contributed by atoms with Crippen molar-refractivity contribution in [3.05, 3.63) is 24.1 Å². The molecule has 0 unspecified atom stereocenters. The number of aromatic nitrogens is 4. The van der Waals surface area contributed by atoms with Crippen molar-refractivity contribution in [3.8, 4) is 0 Å². The highest BCUT2D eigenvalue weighted by molar-refractivity contribution is 5.30. The second-order valence-electron chi connectivity index (χ2n) is 5.96. The maximum absolute atomic E-state index is 5.25. The first-order chi connectivity index (χ1) is 10.8. The first kappa shape index (κ1) is 15.1. The molecule has 1 fully saturated rings. The zero-order valence-electron chi connectivity index (χ0n) is 13.5. The van der Waals surface area contributed by atoms with E-state index < -0.39 is 0 Å². The number of hydrogen-bond donors (Lipinski definition) is 0. The zero-order valence-corrected chi connectivity index (χ0v) is 13.5. The van der Waals surface area contributed by atoms with Crippen molar-refractivity contribution < 1.29 is 4.52 Å². The Labute approximate surface area is 131 Å². The van der Waals surface area contributed by atoms with Gasteiger partial charge in [-0.05, 0) is 24.4 Å². The predicted octanol–water partition coefficient (Wildman–Crippen LogP) is 3.01. The molecule has 1 aliphatic heterocycles. The Morgan fingerprint density at radius 2 is 2.27 bits per heavy atom. The molecule has 6 heteroatoms. The van der Waals surface area contributed by atoms with E-state index in [2.05, 4.69) is 37.7 Å². The first-order valence-electron chi connectivity index (χ1n) is 8.40. The summed E-state index contributed by atoms with van der Waals surface area (Å²) >= 11 is 0. The van der Waals surface area contributed by atoms with Gasteiger partial charge in [0.05, 0.1) is 0 Å². The summed E-state index contributed by atoms with van der Waals surface area (Å²) in [5.41, 5.74) is 0. The quantitative estimate of drug-likeness (QED) is 0.821. The standard InChI is InChI=1S/C16H25N5O/c1-3-5-9-20-11-8-17-15(20)13-7-6-10-21(12-13)16-18-14(4-2)22-19-16/h8,11,13H,3-7,9-10,12H2,1-2H3/t13-/m1/s1. The summed E-state index contributed by atoms with van der Waals surface area (Å²) in [4.78, 5) is 11.3. The number of piperidine rings is 1. The second kappa shape index (κ2) is 6.94. The van der Waals surface area contributed by atoms with Crippen molar-refractivity contribution in [3.63, 3.8) is 0 Å². The monoisotopic (exact) mass is 303 g/mol. The summed E-state index contributed by atoms with van der Waals surface area (Å²) in [7, 11) is 0. The normalized spacial score (nSPS) is 18.8. The van der Waals surface area contributed by atoms with Crippen molar-refractivity contribution in [2.45, 2.75) is 58.4 Å². The molecule has 1 atom stereocenters. The number of nitrogens with zero attached hydrogens (tertiary/aromatic N) is 5. The van der Waals surface area contributed by atoms with E-state index in [-0.39, 0.29) is 0 Å². The molecular weight excluding hydrogens is 278 g/mol. The Kier molecular flexibility index (Phi) is 4.75. The number of hydrogen-bond acceptors (Lipinski definition) is 5. The largest absolute Gasteiger partial charge is 0.337 e. The molecule has 3 rings (SSSR count).